The average molecular weight is 277 g/mol. The van der Waals surface area contributed by atoms with Gasteiger partial charge in [-0.1, -0.05) is 12.1 Å². The Bertz CT molecular complexity index is 459. The Balaban J connectivity index is 2.08. The summed E-state index contributed by atoms with van der Waals surface area (Å²) >= 11 is 0. The third kappa shape index (κ3) is 3.58. The summed E-state index contributed by atoms with van der Waals surface area (Å²) in [4.78, 5) is 14.8. The standard InChI is InChI=1S/C16H23NO3/c1-4-19-14-7-5-6-13(10-14)16(18)15-11-17(12(2)3)8-9-20-15/h5-7,10,12,15H,4,8-9,11H2,1-3H3. The van der Waals surface area contributed by atoms with E-state index in [9.17, 15) is 4.79 Å². The minimum atomic E-state index is -0.372. The summed E-state index contributed by atoms with van der Waals surface area (Å²) in [6.45, 7) is 8.97. The monoisotopic (exact) mass is 277 g/mol. The maximum Gasteiger partial charge on any atom is 0.193 e. The molecule has 4 heteroatoms. The fourth-order valence-corrected chi connectivity index (χ4v) is 2.39. The molecule has 0 radical (unpaired) electrons. The van der Waals surface area contributed by atoms with E-state index in [4.69, 9.17) is 9.47 Å². The molecule has 2 rings (SSSR count). The lowest BCUT2D eigenvalue weighted by Gasteiger charge is -2.34. The predicted molar refractivity (Wildman–Crippen MR) is 78.4 cm³/mol. The number of morpholine rings is 1. The Hall–Kier alpha value is -1.39. The Morgan fingerprint density at radius 2 is 2.30 bits per heavy atom. The van der Waals surface area contributed by atoms with Gasteiger partial charge in [0.05, 0.1) is 13.2 Å². The van der Waals surface area contributed by atoms with Crippen molar-refractivity contribution in [1.82, 2.24) is 4.90 Å². The normalized spacial score (nSPS) is 20.1. The van der Waals surface area contributed by atoms with Gasteiger partial charge in [-0.3, -0.25) is 9.69 Å². The number of Topliss-reactive ketones (excluding diaryl/α,β-unsaturated/α-hetero) is 1. The van der Waals surface area contributed by atoms with Gasteiger partial charge in [0, 0.05) is 24.7 Å². The van der Waals surface area contributed by atoms with Crippen LogP contribution in [0.1, 0.15) is 31.1 Å². The summed E-state index contributed by atoms with van der Waals surface area (Å²) in [6, 6.07) is 7.76. The van der Waals surface area contributed by atoms with Crippen LogP contribution in [-0.2, 0) is 4.74 Å². The molecular formula is C16H23NO3. The SMILES string of the molecule is CCOc1cccc(C(=O)C2CN(C(C)C)CCO2)c1. The minimum absolute atomic E-state index is 0.0388. The van der Waals surface area contributed by atoms with Gasteiger partial charge in [0.15, 0.2) is 5.78 Å². The van der Waals surface area contributed by atoms with E-state index in [0.29, 0.717) is 31.4 Å². The minimum Gasteiger partial charge on any atom is -0.494 e. The Labute approximate surface area is 120 Å². The molecule has 1 fully saturated rings. The molecule has 1 aliphatic rings. The number of ether oxygens (including phenoxy) is 2. The first kappa shape index (κ1) is 15.0. The highest BCUT2D eigenvalue weighted by Crippen LogP contribution is 2.18. The highest BCUT2D eigenvalue weighted by molar-refractivity contribution is 6.00. The third-order valence-electron chi connectivity index (χ3n) is 3.55. The van der Waals surface area contributed by atoms with Gasteiger partial charge >= 0.3 is 0 Å². The van der Waals surface area contributed by atoms with E-state index in [1.54, 1.807) is 6.07 Å². The van der Waals surface area contributed by atoms with Crippen molar-refractivity contribution in [1.29, 1.82) is 0 Å². The molecule has 0 amide bonds. The predicted octanol–water partition coefficient (Wildman–Crippen LogP) is 2.38. The van der Waals surface area contributed by atoms with Crippen LogP contribution in [0.2, 0.25) is 0 Å². The van der Waals surface area contributed by atoms with Crippen LogP contribution in [-0.4, -0.2) is 49.1 Å². The molecule has 0 aromatic heterocycles. The van der Waals surface area contributed by atoms with Crippen molar-refractivity contribution < 1.29 is 14.3 Å². The molecule has 1 heterocycles. The topological polar surface area (TPSA) is 38.8 Å². The Morgan fingerprint density at radius 1 is 1.50 bits per heavy atom. The van der Waals surface area contributed by atoms with E-state index < -0.39 is 0 Å². The molecule has 0 aliphatic carbocycles. The first-order valence-electron chi connectivity index (χ1n) is 7.24. The Morgan fingerprint density at radius 3 is 3.00 bits per heavy atom. The fraction of sp³-hybridized carbons (Fsp3) is 0.562. The summed E-state index contributed by atoms with van der Waals surface area (Å²) < 4.78 is 11.1. The first-order chi connectivity index (χ1) is 9.61. The van der Waals surface area contributed by atoms with Crippen LogP contribution in [0, 0.1) is 0 Å². The molecular weight excluding hydrogens is 254 g/mol. The molecule has 110 valence electrons. The van der Waals surface area contributed by atoms with Gasteiger partial charge in [-0.15, -0.1) is 0 Å². The fourth-order valence-electron chi connectivity index (χ4n) is 2.39. The van der Waals surface area contributed by atoms with Crippen LogP contribution >= 0.6 is 0 Å². The molecule has 0 bridgehead atoms. The molecule has 1 unspecified atom stereocenters. The van der Waals surface area contributed by atoms with Crippen LogP contribution in [0.5, 0.6) is 5.75 Å². The number of rotatable bonds is 5. The van der Waals surface area contributed by atoms with Gasteiger partial charge in [0.2, 0.25) is 0 Å². The summed E-state index contributed by atoms with van der Waals surface area (Å²) in [5.74, 6) is 0.770. The quantitative estimate of drug-likeness (QED) is 0.775. The van der Waals surface area contributed by atoms with Crippen molar-refractivity contribution in [3.63, 3.8) is 0 Å². The summed E-state index contributed by atoms with van der Waals surface area (Å²) in [7, 11) is 0. The number of nitrogens with zero attached hydrogens (tertiary/aromatic N) is 1. The van der Waals surface area contributed by atoms with E-state index in [1.165, 1.54) is 0 Å². The van der Waals surface area contributed by atoms with Crippen LogP contribution in [0.15, 0.2) is 24.3 Å². The summed E-state index contributed by atoms with van der Waals surface area (Å²) in [5, 5.41) is 0. The molecule has 1 aromatic rings. The van der Waals surface area contributed by atoms with Crippen LogP contribution < -0.4 is 4.74 Å². The summed E-state index contributed by atoms with van der Waals surface area (Å²) in [6.07, 6.45) is -0.372. The van der Waals surface area contributed by atoms with Crippen molar-refractivity contribution in [2.24, 2.45) is 0 Å². The van der Waals surface area contributed by atoms with E-state index in [1.807, 2.05) is 25.1 Å². The molecule has 4 nitrogen and oxygen atoms in total. The smallest absolute Gasteiger partial charge is 0.193 e. The molecule has 0 N–H and O–H groups in total. The lowest BCUT2D eigenvalue weighted by atomic mass is 10.0. The van der Waals surface area contributed by atoms with Gasteiger partial charge in [-0.25, -0.2) is 0 Å². The molecule has 1 aromatic carbocycles. The lowest BCUT2D eigenvalue weighted by molar-refractivity contribution is -0.0256. The second-order valence-corrected chi connectivity index (χ2v) is 5.27. The number of benzene rings is 1. The highest BCUT2D eigenvalue weighted by Gasteiger charge is 2.28. The molecule has 1 atom stereocenters. The van der Waals surface area contributed by atoms with Gasteiger partial charge in [0.25, 0.3) is 0 Å². The lowest BCUT2D eigenvalue weighted by Crippen LogP contribution is -2.48. The molecule has 1 aliphatic heterocycles. The highest BCUT2D eigenvalue weighted by atomic mass is 16.5. The zero-order valence-electron chi connectivity index (χ0n) is 12.5. The maximum atomic E-state index is 12.5. The average Bonchev–Trinajstić information content (AvgIpc) is 2.47. The van der Waals surface area contributed by atoms with Gasteiger partial charge in [-0.2, -0.15) is 0 Å². The molecule has 20 heavy (non-hydrogen) atoms. The number of hydrogen-bond acceptors (Lipinski definition) is 4. The van der Waals surface area contributed by atoms with Gasteiger partial charge < -0.3 is 9.47 Å². The van der Waals surface area contributed by atoms with Crippen LogP contribution in [0.4, 0.5) is 0 Å². The third-order valence-corrected chi connectivity index (χ3v) is 3.55. The maximum absolute atomic E-state index is 12.5. The zero-order valence-corrected chi connectivity index (χ0v) is 12.5. The van der Waals surface area contributed by atoms with E-state index in [2.05, 4.69) is 18.7 Å². The van der Waals surface area contributed by atoms with Gasteiger partial charge in [0.1, 0.15) is 11.9 Å². The van der Waals surface area contributed by atoms with Crippen molar-refractivity contribution in [2.75, 3.05) is 26.3 Å². The van der Waals surface area contributed by atoms with Crippen molar-refractivity contribution in [2.45, 2.75) is 32.9 Å². The van der Waals surface area contributed by atoms with E-state index in [-0.39, 0.29) is 11.9 Å². The molecule has 0 saturated carbocycles. The van der Waals surface area contributed by atoms with E-state index in [0.717, 1.165) is 12.3 Å². The second-order valence-electron chi connectivity index (χ2n) is 5.27. The number of carbonyl (C=O) groups excluding carboxylic acids is 1. The first-order valence-corrected chi connectivity index (χ1v) is 7.24. The second kappa shape index (κ2) is 6.86. The number of ketones is 1. The van der Waals surface area contributed by atoms with E-state index >= 15 is 0 Å². The molecule has 0 spiro atoms. The molecule has 1 saturated heterocycles. The zero-order chi connectivity index (χ0) is 14.5. The van der Waals surface area contributed by atoms with Gasteiger partial charge in [-0.05, 0) is 32.9 Å². The van der Waals surface area contributed by atoms with Crippen LogP contribution in [0.3, 0.4) is 0 Å². The Kier molecular flexibility index (Phi) is 5.15. The van der Waals surface area contributed by atoms with Crippen LogP contribution in [0.25, 0.3) is 0 Å². The number of carbonyl (C=O) groups is 1. The van der Waals surface area contributed by atoms with Crippen molar-refractivity contribution >= 4 is 5.78 Å². The number of hydrogen-bond donors (Lipinski definition) is 0. The summed E-state index contributed by atoms with van der Waals surface area (Å²) in [5.41, 5.74) is 0.659. The van der Waals surface area contributed by atoms with Crippen molar-refractivity contribution in [3.8, 4) is 5.75 Å². The largest absolute Gasteiger partial charge is 0.494 e. The van der Waals surface area contributed by atoms with Crippen molar-refractivity contribution in [3.05, 3.63) is 29.8 Å².